The van der Waals surface area contributed by atoms with Crippen LogP contribution < -0.4 is 0 Å². The Morgan fingerprint density at radius 1 is 0.839 bits per heavy atom. The maximum atomic E-state index is 13.2. The molecule has 0 N–H and O–H groups in total. The molecule has 4 nitrogen and oxygen atoms in total. The van der Waals surface area contributed by atoms with Crippen LogP contribution in [0.25, 0.3) is 0 Å². The Hall–Kier alpha value is -1.75. The number of hydrogen-bond donors (Lipinski definition) is 0. The molecule has 3 aliphatic heterocycles. The largest absolute Gasteiger partial charge is 0.323 e. The minimum atomic E-state index is 0.165. The SMILES string of the molecule is O=C(N1CCc2cc(Cl)c(Cl)cc2C1)N1CCC(N2CCC(c3ccccc3)CC2)C1. The number of carbonyl (C=O) groups is 1. The lowest BCUT2D eigenvalue weighted by Gasteiger charge is -2.36. The van der Waals surface area contributed by atoms with Crippen LogP contribution in [0.4, 0.5) is 4.79 Å². The van der Waals surface area contributed by atoms with Gasteiger partial charge >= 0.3 is 6.03 Å². The second-order valence-electron chi connectivity index (χ2n) is 9.10. The number of rotatable bonds is 2. The molecule has 2 aromatic carbocycles. The topological polar surface area (TPSA) is 26.8 Å². The van der Waals surface area contributed by atoms with E-state index >= 15 is 0 Å². The number of urea groups is 1. The van der Waals surface area contributed by atoms with Crippen LogP contribution in [-0.2, 0) is 13.0 Å². The van der Waals surface area contributed by atoms with Gasteiger partial charge in [0.1, 0.15) is 0 Å². The van der Waals surface area contributed by atoms with Gasteiger partial charge in [-0.25, -0.2) is 4.79 Å². The van der Waals surface area contributed by atoms with Gasteiger partial charge in [-0.3, -0.25) is 4.90 Å². The van der Waals surface area contributed by atoms with E-state index in [0.717, 1.165) is 51.1 Å². The van der Waals surface area contributed by atoms with Gasteiger partial charge in [-0.15, -0.1) is 0 Å². The van der Waals surface area contributed by atoms with E-state index in [4.69, 9.17) is 23.2 Å². The Labute approximate surface area is 194 Å². The van der Waals surface area contributed by atoms with Gasteiger partial charge in [0.25, 0.3) is 0 Å². The summed E-state index contributed by atoms with van der Waals surface area (Å²) in [7, 11) is 0. The van der Waals surface area contributed by atoms with Crippen molar-refractivity contribution in [3.63, 3.8) is 0 Å². The van der Waals surface area contributed by atoms with Crippen LogP contribution in [0.2, 0.25) is 10.0 Å². The number of halogens is 2. The Balaban J connectivity index is 1.16. The van der Waals surface area contributed by atoms with Gasteiger partial charge in [0.15, 0.2) is 0 Å². The molecule has 6 heteroatoms. The molecule has 164 valence electrons. The summed E-state index contributed by atoms with van der Waals surface area (Å²) in [5.41, 5.74) is 3.80. The summed E-state index contributed by atoms with van der Waals surface area (Å²) in [4.78, 5) is 19.8. The molecule has 2 fully saturated rings. The van der Waals surface area contributed by atoms with Crippen molar-refractivity contribution < 1.29 is 4.79 Å². The van der Waals surface area contributed by atoms with Gasteiger partial charge in [0.2, 0.25) is 0 Å². The van der Waals surface area contributed by atoms with Gasteiger partial charge in [-0.2, -0.15) is 0 Å². The van der Waals surface area contributed by atoms with Gasteiger partial charge in [0, 0.05) is 32.2 Å². The van der Waals surface area contributed by atoms with Crippen molar-refractivity contribution in [2.45, 2.75) is 44.2 Å². The smallest absolute Gasteiger partial charge is 0.320 e. The Bertz CT molecular complexity index is 943. The number of likely N-dealkylation sites (tertiary alicyclic amines) is 2. The monoisotopic (exact) mass is 457 g/mol. The first-order valence-corrected chi connectivity index (χ1v) is 12.1. The highest BCUT2D eigenvalue weighted by molar-refractivity contribution is 6.42. The number of benzene rings is 2. The fraction of sp³-hybridized carbons (Fsp3) is 0.480. The van der Waals surface area contributed by atoms with Crippen LogP contribution in [0.5, 0.6) is 0 Å². The number of carbonyl (C=O) groups excluding carboxylic acids is 1. The van der Waals surface area contributed by atoms with E-state index in [9.17, 15) is 4.79 Å². The van der Waals surface area contributed by atoms with Gasteiger partial charge in [0.05, 0.1) is 10.0 Å². The van der Waals surface area contributed by atoms with Crippen molar-refractivity contribution in [1.29, 1.82) is 0 Å². The maximum Gasteiger partial charge on any atom is 0.320 e. The predicted molar refractivity (Wildman–Crippen MR) is 126 cm³/mol. The fourth-order valence-corrected chi connectivity index (χ4v) is 5.82. The molecule has 5 rings (SSSR count). The molecule has 31 heavy (non-hydrogen) atoms. The van der Waals surface area contributed by atoms with Crippen molar-refractivity contribution in [3.8, 4) is 0 Å². The molecule has 1 atom stereocenters. The van der Waals surface area contributed by atoms with E-state index in [1.165, 1.54) is 24.0 Å². The van der Waals surface area contributed by atoms with E-state index in [-0.39, 0.29) is 6.03 Å². The average Bonchev–Trinajstić information content (AvgIpc) is 3.30. The number of fused-ring (bicyclic) bond motifs is 1. The zero-order valence-corrected chi connectivity index (χ0v) is 19.3. The van der Waals surface area contributed by atoms with Crippen LogP contribution in [0.1, 0.15) is 41.9 Å². The molecule has 0 aromatic heterocycles. The second-order valence-corrected chi connectivity index (χ2v) is 9.91. The number of piperidine rings is 1. The summed E-state index contributed by atoms with van der Waals surface area (Å²) in [6.07, 6.45) is 4.33. The van der Waals surface area contributed by atoms with Crippen LogP contribution in [0.3, 0.4) is 0 Å². The molecule has 0 aliphatic carbocycles. The Kier molecular flexibility index (Phi) is 6.14. The van der Waals surface area contributed by atoms with Crippen LogP contribution in [0.15, 0.2) is 42.5 Å². The van der Waals surface area contributed by atoms with E-state index < -0.39 is 0 Å². The van der Waals surface area contributed by atoms with Crippen molar-refractivity contribution in [2.24, 2.45) is 0 Å². The summed E-state index contributed by atoms with van der Waals surface area (Å²) in [6.45, 7) is 5.32. The van der Waals surface area contributed by atoms with E-state index in [0.29, 0.717) is 28.5 Å². The van der Waals surface area contributed by atoms with Crippen LogP contribution in [0, 0.1) is 0 Å². The molecule has 1 unspecified atom stereocenters. The molecule has 3 heterocycles. The van der Waals surface area contributed by atoms with Crippen molar-refractivity contribution in [3.05, 3.63) is 69.2 Å². The van der Waals surface area contributed by atoms with Crippen molar-refractivity contribution >= 4 is 29.2 Å². The summed E-state index contributed by atoms with van der Waals surface area (Å²) >= 11 is 12.4. The average molecular weight is 458 g/mol. The third-order valence-corrected chi connectivity index (χ3v) is 8.00. The first-order chi connectivity index (χ1) is 15.1. The first-order valence-electron chi connectivity index (χ1n) is 11.4. The highest BCUT2D eigenvalue weighted by Crippen LogP contribution is 2.32. The number of hydrogen-bond acceptors (Lipinski definition) is 2. The molecule has 2 saturated heterocycles. The molecule has 2 aromatic rings. The van der Waals surface area contributed by atoms with Gasteiger partial charge in [-0.05, 0) is 73.5 Å². The third-order valence-electron chi connectivity index (χ3n) is 7.28. The predicted octanol–water partition coefficient (Wildman–Crippen LogP) is 5.43. The minimum Gasteiger partial charge on any atom is -0.323 e. The molecule has 0 saturated carbocycles. The molecule has 0 spiro atoms. The van der Waals surface area contributed by atoms with Crippen LogP contribution >= 0.6 is 23.2 Å². The second kappa shape index (κ2) is 9.01. The quantitative estimate of drug-likeness (QED) is 0.601. The molecule has 3 aliphatic rings. The highest BCUT2D eigenvalue weighted by atomic mass is 35.5. The summed E-state index contributed by atoms with van der Waals surface area (Å²) in [6, 6.07) is 15.4. The van der Waals surface area contributed by atoms with Crippen molar-refractivity contribution in [1.82, 2.24) is 14.7 Å². The summed E-state index contributed by atoms with van der Waals surface area (Å²) in [5.74, 6) is 0.672. The third kappa shape index (κ3) is 4.44. The van der Waals surface area contributed by atoms with E-state index in [1.807, 2.05) is 17.0 Å². The molecule has 2 amide bonds. The maximum absolute atomic E-state index is 13.2. The Morgan fingerprint density at radius 2 is 1.55 bits per heavy atom. The number of nitrogens with zero attached hydrogens (tertiary/aromatic N) is 3. The van der Waals surface area contributed by atoms with E-state index in [1.54, 1.807) is 0 Å². The lowest BCUT2D eigenvalue weighted by molar-refractivity contribution is 0.137. The summed E-state index contributed by atoms with van der Waals surface area (Å²) < 4.78 is 0. The van der Waals surface area contributed by atoms with Gasteiger partial charge < -0.3 is 9.80 Å². The zero-order valence-electron chi connectivity index (χ0n) is 17.8. The van der Waals surface area contributed by atoms with E-state index in [2.05, 4.69) is 40.1 Å². The molecule has 0 bridgehead atoms. The molecular formula is C25H29Cl2N3O. The van der Waals surface area contributed by atoms with Crippen LogP contribution in [-0.4, -0.2) is 59.5 Å². The lowest BCUT2D eigenvalue weighted by atomic mass is 9.89. The fourth-order valence-electron chi connectivity index (χ4n) is 5.45. The first kappa shape index (κ1) is 21.1. The summed E-state index contributed by atoms with van der Waals surface area (Å²) in [5, 5.41) is 1.16. The Morgan fingerprint density at radius 3 is 2.29 bits per heavy atom. The number of amides is 2. The zero-order chi connectivity index (χ0) is 21.4. The standard InChI is InChI=1S/C25H29Cl2N3O/c26-23-14-20-8-12-29(16-21(20)15-24(23)27)25(31)30-13-9-22(17-30)28-10-6-19(7-11-28)18-4-2-1-3-5-18/h1-5,14-15,19,22H,6-13,16-17H2. The minimum absolute atomic E-state index is 0.165. The highest BCUT2D eigenvalue weighted by Gasteiger charge is 2.35. The van der Waals surface area contributed by atoms with Crippen molar-refractivity contribution in [2.75, 3.05) is 32.7 Å². The lowest BCUT2D eigenvalue weighted by Crippen LogP contribution is -2.47. The molecule has 0 radical (unpaired) electrons. The molecular weight excluding hydrogens is 429 g/mol. The van der Waals surface area contributed by atoms with Gasteiger partial charge in [-0.1, -0.05) is 53.5 Å². The normalized spacial score (nSPS) is 22.6.